The topological polar surface area (TPSA) is 0 Å². The van der Waals surface area contributed by atoms with E-state index in [1.54, 1.807) is 0 Å². The fraction of sp³-hybridized carbons (Fsp3) is 0.733. The lowest BCUT2D eigenvalue weighted by Gasteiger charge is -2.02. The Balaban J connectivity index is 3.81. The highest BCUT2D eigenvalue weighted by Crippen LogP contribution is 2.12. The van der Waals surface area contributed by atoms with E-state index in [2.05, 4.69) is 32.9 Å². The Morgan fingerprint density at radius 2 is 1.81 bits per heavy atom. The molecule has 0 saturated carbocycles. The lowest BCUT2D eigenvalue weighted by Crippen LogP contribution is -1.86. The van der Waals surface area contributed by atoms with Crippen LogP contribution in [-0.2, 0) is 0 Å². The molecule has 0 spiro atoms. The SMILES string of the molecule is CCCCC/C=C(/CCl)CC/C=C(\C)CC. The summed E-state index contributed by atoms with van der Waals surface area (Å²) in [7, 11) is 0. The van der Waals surface area contributed by atoms with Crippen LogP contribution in [0.1, 0.15) is 65.7 Å². The zero-order valence-corrected chi connectivity index (χ0v) is 11.9. The molecule has 0 radical (unpaired) electrons. The summed E-state index contributed by atoms with van der Waals surface area (Å²) in [5.41, 5.74) is 2.90. The molecule has 0 unspecified atom stereocenters. The number of rotatable bonds is 9. The number of alkyl halides is 1. The Hall–Kier alpha value is -0.230. The summed E-state index contributed by atoms with van der Waals surface area (Å²) >= 11 is 5.94. The van der Waals surface area contributed by atoms with Gasteiger partial charge in [0, 0.05) is 5.88 Å². The van der Waals surface area contributed by atoms with Crippen molar-refractivity contribution in [2.24, 2.45) is 0 Å². The molecule has 0 aliphatic carbocycles. The van der Waals surface area contributed by atoms with Gasteiger partial charge in [-0.2, -0.15) is 0 Å². The Kier molecular flexibility index (Phi) is 11.1. The van der Waals surface area contributed by atoms with Gasteiger partial charge in [-0.15, -0.1) is 11.6 Å². The molecule has 0 N–H and O–H groups in total. The molecule has 0 atom stereocenters. The van der Waals surface area contributed by atoms with E-state index in [4.69, 9.17) is 11.6 Å². The molecule has 94 valence electrons. The first-order valence-electron chi connectivity index (χ1n) is 6.64. The normalized spacial score (nSPS) is 13.2. The maximum Gasteiger partial charge on any atom is 0.0433 e. The molecule has 0 rings (SSSR count). The minimum atomic E-state index is 0.700. The third-order valence-electron chi connectivity index (χ3n) is 2.93. The average Bonchev–Trinajstić information content (AvgIpc) is 2.31. The second-order valence-corrected chi connectivity index (χ2v) is 4.70. The van der Waals surface area contributed by atoms with Crippen molar-refractivity contribution >= 4 is 11.6 Å². The van der Waals surface area contributed by atoms with Crippen molar-refractivity contribution in [1.82, 2.24) is 0 Å². The van der Waals surface area contributed by atoms with Gasteiger partial charge >= 0.3 is 0 Å². The predicted octanol–water partition coefficient (Wildman–Crippen LogP) is 5.87. The lowest BCUT2D eigenvalue weighted by atomic mass is 10.1. The van der Waals surface area contributed by atoms with Crippen molar-refractivity contribution in [2.75, 3.05) is 5.88 Å². The molecule has 16 heavy (non-hydrogen) atoms. The second-order valence-electron chi connectivity index (χ2n) is 4.43. The van der Waals surface area contributed by atoms with Crippen molar-refractivity contribution in [2.45, 2.75) is 65.7 Å². The van der Waals surface area contributed by atoms with Crippen molar-refractivity contribution in [3.63, 3.8) is 0 Å². The van der Waals surface area contributed by atoms with Crippen LogP contribution in [0, 0.1) is 0 Å². The van der Waals surface area contributed by atoms with Crippen molar-refractivity contribution in [3.8, 4) is 0 Å². The number of allylic oxidation sites excluding steroid dienone is 4. The molecule has 0 aliphatic heterocycles. The van der Waals surface area contributed by atoms with Gasteiger partial charge in [-0.1, -0.05) is 50.0 Å². The average molecular weight is 243 g/mol. The number of hydrogen-bond donors (Lipinski definition) is 0. The van der Waals surface area contributed by atoms with E-state index < -0.39 is 0 Å². The molecule has 0 nitrogen and oxygen atoms in total. The van der Waals surface area contributed by atoms with Gasteiger partial charge in [-0.3, -0.25) is 0 Å². The van der Waals surface area contributed by atoms with E-state index in [-0.39, 0.29) is 0 Å². The van der Waals surface area contributed by atoms with E-state index in [1.807, 2.05) is 0 Å². The Bertz CT molecular complexity index is 213. The first-order chi connectivity index (χ1) is 7.74. The highest BCUT2D eigenvalue weighted by molar-refractivity contribution is 6.19. The third kappa shape index (κ3) is 9.03. The fourth-order valence-electron chi connectivity index (χ4n) is 1.57. The highest BCUT2D eigenvalue weighted by atomic mass is 35.5. The molecule has 0 heterocycles. The predicted molar refractivity (Wildman–Crippen MR) is 76.2 cm³/mol. The third-order valence-corrected chi connectivity index (χ3v) is 3.27. The van der Waals surface area contributed by atoms with E-state index in [0.29, 0.717) is 5.88 Å². The second kappa shape index (κ2) is 11.3. The van der Waals surface area contributed by atoms with Crippen LogP contribution in [0.2, 0.25) is 0 Å². The first-order valence-corrected chi connectivity index (χ1v) is 7.17. The van der Waals surface area contributed by atoms with Crippen LogP contribution in [0.4, 0.5) is 0 Å². The molecule has 0 aromatic carbocycles. The minimum absolute atomic E-state index is 0.700. The molecule has 0 amide bonds. The molecule has 0 aromatic rings. The molecule has 0 aromatic heterocycles. The minimum Gasteiger partial charge on any atom is -0.122 e. The van der Waals surface area contributed by atoms with Gasteiger partial charge in [-0.25, -0.2) is 0 Å². The van der Waals surface area contributed by atoms with Gasteiger partial charge < -0.3 is 0 Å². The Labute approximate surface area is 107 Å². The Morgan fingerprint density at radius 1 is 1.06 bits per heavy atom. The molecule has 0 bridgehead atoms. The summed E-state index contributed by atoms with van der Waals surface area (Å²) in [6, 6.07) is 0. The quantitative estimate of drug-likeness (QED) is 0.270. The van der Waals surface area contributed by atoms with E-state index in [9.17, 15) is 0 Å². The maximum atomic E-state index is 5.94. The van der Waals surface area contributed by atoms with E-state index in [0.717, 1.165) is 19.3 Å². The van der Waals surface area contributed by atoms with Gasteiger partial charge in [0.1, 0.15) is 0 Å². The number of halogens is 1. The highest BCUT2D eigenvalue weighted by Gasteiger charge is 1.95. The zero-order chi connectivity index (χ0) is 12.2. The summed E-state index contributed by atoms with van der Waals surface area (Å²) in [6.45, 7) is 6.64. The summed E-state index contributed by atoms with van der Waals surface area (Å²) in [4.78, 5) is 0. The van der Waals surface area contributed by atoms with Gasteiger partial charge in [0.2, 0.25) is 0 Å². The Morgan fingerprint density at radius 3 is 2.38 bits per heavy atom. The standard InChI is InChI=1S/C15H27Cl/c1-4-6-7-8-11-15(13-16)12-9-10-14(3)5-2/h10-11H,4-9,12-13H2,1-3H3/b14-10+,15-11+. The molecule has 0 saturated heterocycles. The monoisotopic (exact) mass is 242 g/mol. The van der Waals surface area contributed by atoms with Crippen LogP contribution >= 0.6 is 11.6 Å². The lowest BCUT2D eigenvalue weighted by molar-refractivity contribution is 0.725. The number of hydrogen-bond acceptors (Lipinski definition) is 0. The molecule has 1 heteroatoms. The van der Waals surface area contributed by atoms with E-state index in [1.165, 1.54) is 36.8 Å². The van der Waals surface area contributed by atoms with Crippen LogP contribution in [0.3, 0.4) is 0 Å². The van der Waals surface area contributed by atoms with Gasteiger partial charge in [0.25, 0.3) is 0 Å². The van der Waals surface area contributed by atoms with Crippen molar-refractivity contribution in [3.05, 3.63) is 23.3 Å². The first kappa shape index (κ1) is 15.8. The maximum absolute atomic E-state index is 5.94. The van der Waals surface area contributed by atoms with E-state index >= 15 is 0 Å². The summed E-state index contributed by atoms with van der Waals surface area (Å²) in [5, 5.41) is 0. The van der Waals surface area contributed by atoms with Crippen LogP contribution in [0.15, 0.2) is 23.3 Å². The largest absolute Gasteiger partial charge is 0.122 e. The molecule has 0 aliphatic rings. The van der Waals surface area contributed by atoms with Crippen LogP contribution in [0.5, 0.6) is 0 Å². The molecular formula is C15H27Cl. The summed E-state index contributed by atoms with van der Waals surface area (Å²) in [6.07, 6.45) is 13.3. The van der Waals surface area contributed by atoms with Gasteiger partial charge in [0.15, 0.2) is 0 Å². The molecular weight excluding hydrogens is 216 g/mol. The van der Waals surface area contributed by atoms with Crippen LogP contribution < -0.4 is 0 Å². The fourth-order valence-corrected chi connectivity index (χ4v) is 1.81. The van der Waals surface area contributed by atoms with Gasteiger partial charge in [0.05, 0.1) is 0 Å². The van der Waals surface area contributed by atoms with Crippen molar-refractivity contribution in [1.29, 1.82) is 0 Å². The smallest absolute Gasteiger partial charge is 0.0433 e. The van der Waals surface area contributed by atoms with Crippen LogP contribution in [-0.4, -0.2) is 5.88 Å². The summed E-state index contributed by atoms with van der Waals surface area (Å²) in [5.74, 6) is 0.700. The summed E-state index contributed by atoms with van der Waals surface area (Å²) < 4.78 is 0. The van der Waals surface area contributed by atoms with Gasteiger partial charge in [-0.05, 0) is 39.0 Å². The van der Waals surface area contributed by atoms with Crippen molar-refractivity contribution < 1.29 is 0 Å². The van der Waals surface area contributed by atoms with Crippen LogP contribution in [0.25, 0.3) is 0 Å². The number of unbranched alkanes of at least 4 members (excludes halogenated alkanes) is 3. The molecule has 0 fully saturated rings. The zero-order valence-electron chi connectivity index (χ0n) is 11.2.